The Labute approximate surface area is 331 Å². The van der Waals surface area contributed by atoms with Crippen molar-refractivity contribution < 1.29 is 19.1 Å². The molecule has 0 aliphatic rings. The van der Waals surface area contributed by atoms with Crippen molar-refractivity contribution in [1.82, 2.24) is 4.90 Å². The van der Waals surface area contributed by atoms with Gasteiger partial charge in [-0.05, 0) is 111 Å². The fourth-order valence-corrected chi connectivity index (χ4v) is 6.98. The number of hydrogen-bond donors (Lipinski definition) is 0. The first-order valence-electron chi connectivity index (χ1n) is 23.3. The average molecular weight is 746 g/mol. The Morgan fingerprint density at radius 3 is 1.08 bits per heavy atom. The molecule has 53 heavy (non-hydrogen) atoms. The van der Waals surface area contributed by atoms with E-state index < -0.39 is 0 Å². The minimum Gasteiger partial charge on any atom is -0.458 e. The smallest absolute Gasteiger partial charge is 0.306 e. The molecule has 5 heteroatoms. The Hall–Kier alpha value is -1.62. The Morgan fingerprint density at radius 2 is 0.717 bits per heavy atom. The second kappa shape index (κ2) is 41.5. The van der Waals surface area contributed by atoms with E-state index in [-0.39, 0.29) is 24.1 Å². The van der Waals surface area contributed by atoms with Crippen LogP contribution in [0.5, 0.6) is 0 Å². The number of rotatable bonds is 41. The highest BCUT2D eigenvalue weighted by Gasteiger charge is 2.28. The molecule has 312 valence electrons. The van der Waals surface area contributed by atoms with E-state index in [0.29, 0.717) is 12.8 Å². The maximum Gasteiger partial charge on any atom is 0.306 e. The molecule has 0 rings (SSSR count). The maximum absolute atomic E-state index is 13.0. The molecule has 0 aromatic heterocycles. The zero-order valence-electron chi connectivity index (χ0n) is 36.3. The quantitative estimate of drug-likeness (QED) is 0.0354. The van der Waals surface area contributed by atoms with Crippen molar-refractivity contribution >= 4 is 11.9 Å². The first kappa shape index (κ1) is 51.4. The van der Waals surface area contributed by atoms with Crippen LogP contribution in [0, 0.1) is 0 Å². The van der Waals surface area contributed by atoms with E-state index >= 15 is 0 Å². The van der Waals surface area contributed by atoms with Crippen molar-refractivity contribution in [2.45, 2.75) is 251 Å². The summed E-state index contributed by atoms with van der Waals surface area (Å²) in [6.07, 6.45) is 47.5. The Bertz CT molecular complexity index is 837. The second-order valence-electron chi connectivity index (χ2n) is 16.2. The van der Waals surface area contributed by atoms with E-state index in [1.807, 2.05) is 0 Å². The van der Waals surface area contributed by atoms with E-state index in [1.165, 1.54) is 141 Å². The number of hydrogen-bond acceptors (Lipinski definition) is 5. The number of carbonyl (C=O) groups excluding carboxylic acids is 2. The van der Waals surface area contributed by atoms with Crippen LogP contribution >= 0.6 is 0 Å². The van der Waals surface area contributed by atoms with E-state index in [0.717, 1.165) is 70.8 Å². The number of esters is 2. The van der Waals surface area contributed by atoms with Crippen LogP contribution in [0.3, 0.4) is 0 Å². The molecule has 5 nitrogen and oxygen atoms in total. The first-order valence-corrected chi connectivity index (χ1v) is 23.3. The van der Waals surface area contributed by atoms with E-state index in [9.17, 15) is 9.59 Å². The summed E-state index contributed by atoms with van der Waals surface area (Å²) in [5.74, 6) is -0.263. The van der Waals surface area contributed by atoms with Crippen LogP contribution in [0.25, 0.3) is 0 Å². The third kappa shape index (κ3) is 38.4. The molecule has 2 atom stereocenters. The van der Waals surface area contributed by atoms with E-state index in [2.05, 4.69) is 64.1 Å². The zero-order chi connectivity index (χ0) is 38.9. The lowest BCUT2D eigenvalue weighted by Crippen LogP contribution is -2.36. The van der Waals surface area contributed by atoms with Gasteiger partial charge in [-0.2, -0.15) is 0 Å². The van der Waals surface area contributed by atoms with Crippen LogP contribution in [0.15, 0.2) is 24.3 Å². The highest BCUT2D eigenvalue weighted by molar-refractivity contribution is 5.70. The molecule has 0 aromatic rings. The van der Waals surface area contributed by atoms with Crippen LogP contribution in [-0.4, -0.2) is 49.7 Å². The summed E-state index contributed by atoms with van der Waals surface area (Å²) in [5, 5.41) is 0. The van der Waals surface area contributed by atoms with Crippen molar-refractivity contribution in [2.75, 3.05) is 20.6 Å². The Morgan fingerprint density at radius 1 is 0.415 bits per heavy atom. The normalized spacial score (nSPS) is 13.0. The summed E-state index contributed by atoms with van der Waals surface area (Å²) in [5.41, 5.74) is 0. The molecule has 0 amide bonds. The molecule has 0 N–H and O–H groups in total. The molecular formula is C48H91NO4. The average Bonchev–Trinajstić information content (AvgIpc) is 3.14. The van der Waals surface area contributed by atoms with Crippen molar-refractivity contribution in [1.29, 1.82) is 0 Å². The van der Waals surface area contributed by atoms with E-state index in [1.54, 1.807) is 0 Å². The highest BCUT2D eigenvalue weighted by Crippen LogP contribution is 2.21. The topological polar surface area (TPSA) is 55.8 Å². The van der Waals surface area contributed by atoms with Crippen LogP contribution in [-0.2, 0) is 19.1 Å². The fourth-order valence-electron chi connectivity index (χ4n) is 6.98. The summed E-state index contributed by atoms with van der Waals surface area (Å²) in [7, 11) is 4.14. The zero-order valence-corrected chi connectivity index (χ0v) is 36.3. The van der Waals surface area contributed by atoms with Gasteiger partial charge in [-0.1, -0.05) is 161 Å². The minimum absolute atomic E-state index is 0.130. The van der Waals surface area contributed by atoms with Gasteiger partial charge in [0, 0.05) is 12.8 Å². The molecule has 0 saturated heterocycles. The number of allylic oxidation sites excluding steroid dienone is 4. The molecule has 0 heterocycles. The molecule has 0 fully saturated rings. The molecule has 0 spiro atoms. The van der Waals surface area contributed by atoms with Gasteiger partial charge >= 0.3 is 11.9 Å². The lowest BCUT2D eigenvalue weighted by atomic mass is 10.0. The van der Waals surface area contributed by atoms with Gasteiger partial charge < -0.3 is 14.4 Å². The summed E-state index contributed by atoms with van der Waals surface area (Å²) >= 11 is 0. The van der Waals surface area contributed by atoms with Crippen LogP contribution < -0.4 is 0 Å². The first-order chi connectivity index (χ1) is 25.9. The van der Waals surface area contributed by atoms with Gasteiger partial charge in [-0.25, -0.2) is 0 Å². The molecule has 0 bridgehead atoms. The summed E-state index contributed by atoms with van der Waals surface area (Å²) in [6.45, 7) is 7.66. The molecule has 0 saturated carbocycles. The lowest BCUT2D eigenvalue weighted by Gasteiger charge is -2.28. The molecule has 2 unspecified atom stereocenters. The molecular weight excluding hydrogens is 655 g/mol. The van der Waals surface area contributed by atoms with Gasteiger partial charge in [-0.3, -0.25) is 9.59 Å². The molecule has 0 radical (unpaired) electrons. The fraction of sp³-hybridized carbons (Fsp3) is 0.875. The van der Waals surface area contributed by atoms with Crippen LogP contribution in [0.1, 0.15) is 239 Å². The number of ether oxygens (including phenoxy) is 2. The number of carbonyl (C=O) groups is 2. The van der Waals surface area contributed by atoms with Gasteiger partial charge in [-0.15, -0.1) is 0 Å². The monoisotopic (exact) mass is 746 g/mol. The minimum atomic E-state index is -0.361. The Balaban J connectivity index is 4.49. The second-order valence-corrected chi connectivity index (χ2v) is 16.2. The summed E-state index contributed by atoms with van der Waals surface area (Å²) in [6, 6.07) is 0. The summed E-state index contributed by atoms with van der Waals surface area (Å²) < 4.78 is 12.3. The van der Waals surface area contributed by atoms with Crippen LogP contribution in [0.4, 0.5) is 0 Å². The third-order valence-corrected chi connectivity index (χ3v) is 10.5. The standard InChI is InChI=1S/C48H91NO4/c1-6-9-12-14-16-18-20-22-24-26-28-30-32-34-37-42-47(50)52-45(40-36-11-8-3)46(41-39-44-49(4)5)53-48(51)43-38-35-33-31-29-27-25-23-21-19-17-15-13-10-7-2/h22-25,45-46H,6-21,26-44H2,1-5H3/b24-22-,25-23-. The van der Waals surface area contributed by atoms with Crippen molar-refractivity contribution in [3.63, 3.8) is 0 Å². The highest BCUT2D eigenvalue weighted by atomic mass is 16.6. The van der Waals surface area contributed by atoms with Crippen molar-refractivity contribution in [2.24, 2.45) is 0 Å². The third-order valence-electron chi connectivity index (χ3n) is 10.5. The Kier molecular flexibility index (Phi) is 40.3. The van der Waals surface area contributed by atoms with Crippen molar-refractivity contribution in [3.8, 4) is 0 Å². The van der Waals surface area contributed by atoms with Gasteiger partial charge in [0.25, 0.3) is 0 Å². The van der Waals surface area contributed by atoms with E-state index in [4.69, 9.17) is 9.47 Å². The predicted molar refractivity (Wildman–Crippen MR) is 231 cm³/mol. The maximum atomic E-state index is 13.0. The van der Waals surface area contributed by atoms with Crippen LogP contribution in [0.2, 0.25) is 0 Å². The number of unbranched alkanes of at least 4 members (excludes halogenated alkanes) is 24. The number of nitrogens with zero attached hydrogens (tertiary/aromatic N) is 1. The summed E-state index contributed by atoms with van der Waals surface area (Å²) in [4.78, 5) is 28.2. The lowest BCUT2D eigenvalue weighted by molar-refractivity contribution is -0.169. The van der Waals surface area contributed by atoms with Gasteiger partial charge in [0.05, 0.1) is 0 Å². The molecule has 0 aliphatic heterocycles. The van der Waals surface area contributed by atoms with Gasteiger partial charge in [0.1, 0.15) is 12.2 Å². The van der Waals surface area contributed by atoms with Gasteiger partial charge in [0.2, 0.25) is 0 Å². The predicted octanol–water partition coefficient (Wildman–Crippen LogP) is 14.8. The molecule has 0 aromatic carbocycles. The largest absolute Gasteiger partial charge is 0.458 e. The van der Waals surface area contributed by atoms with Crippen molar-refractivity contribution in [3.05, 3.63) is 24.3 Å². The SMILES string of the molecule is CCCCCCCC/C=C\CCCCCCCC(=O)OC(CCCCC)C(CCCN(C)C)OC(=O)CCCCCCC/C=C\CCCCCCCC. The van der Waals surface area contributed by atoms with Gasteiger partial charge in [0.15, 0.2) is 0 Å². The molecule has 0 aliphatic carbocycles.